The molecule has 0 radical (unpaired) electrons. The van der Waals surface area contributed by atoms with Crippen molar-refractivity contribution in [2.24, 2.45) is 17.6 Å². The van der Waals surface area contributed by atoms with Gasteiger partial charge in [-0.2, -0.15) is 0 Å². The first kappa shape index (κ1) is 13.9. The summed E-state index contributed by atoms with van der Waals surface area (Å²) in [6.45, 7) is 5.29. The molecular formula is C15H28N2O. The average Bonchev–Trinajstić information content (AvgIpc) is 3.12. The lowest BCUT2D eigenvalue weighted by Gasteiger charge is -2.30. The predicted molar refractivity (Wildman–Crippen MR) is 74.1 cm³/mol. The van der Waals surface area contributed by atoms with E-state index < -0.39 is 0 Å². The van der Waals surface area contributed by atoms with Crippen LogP contribution in [-0.2, 0) is 4.79 Å². The van der Waals surface area contributed by atoms with Crippen LogP contribution in [0.2, 0.25) is 0 Å². The topological polar surface area (TPSA) is 46.3 Å². The van der Waals surface area contributed by atoms with Crippen LogP contribution in [0.3, 0.4) is 0 Å². The van der Waals surface area contributed by atoms with Gasteiger partial charge in [-0.15, -0.1) is 0 Å². The van der Waals surface area contributed by atoms with E-state index in [0.717, 1.165) is 19.4 Å². The number of hydrogen-bond acceptors (Lipinski definition) is 2. The standard InChI is InChI=1S/C15H28N2O/c1-11(2)10-17(12-8-9-12)15(18)13-6-4-3-5-7-14(13)16/h11-14H,3-10,16H2,1-2H3. The summed E-state index contributed by atoms with van der Waals surface area (Å²) in [4.78, 5) is 14.9. The van der Waals surface area contributed by atoms with Crippen molar-refractivity contribution < 1.29 is 4.79 Å². The van der Waals surface area contributed by atoms with E-state index in [1.165, 1.54) is 32.1 Å². The first-order valence-electron chi connectivity index (χ1n) is 7.65. The minimum atomic E-state index is 0.0897. The molecule has 3 heteroatoms. The van der Waals surface area contributed by atoms with Crippen molar-refractivity contribution in [2.45, 2.75) is 70.9 Å². The zero-order valence-corrected chi connectivity index (χ0v) is 11.9. The minimum Gasteiger partial charge on any atom is -0.339 e. The summed E-state index contributed by atoms with van der Waals surface area (Å²) in [6, 6.07) is 0.615. The summed E-state index contributed by atoms with van der Waals surface area (Å²) < 4.78 is 0. The summed E-state index contributed by atoms with van der Waals surface area (Å²) in [5, 5.41) is 0. The zero-order valence-electron chi connectivity index (χ0n) is 11.9. The highest BCUT2D eigenvalue weighted by molar-refractivity contribution is 5.80. The van der Waals surface area contributed by atoms with Crippen LogP contribution >= 0.6 is 0 Å². The van der Waals surface area contributed by atoms with Crippen LogP contribution in [0.25, 0.3) is 0 Å². The molecule has 0 aromatic rings. The number of carbonyl (C=O) groups excluding carboxylic acids is 1. The normalized spacial score (nSPS) is 29.1. The van der Waals surface area contributed by atoms with Gasteiger partial charge in [-0.3, -0.25) is 4.79 Å². The predicted octanol–water partition coefficient (Wildman–Crippen LogP) is 2.54. The van der Waals surface area contributed by atoms with E-state index in [1.807, 2.05) is 0 Å². The first-order chi connectivity index (χ1) is 8.59. The Morgan fingerprint density at radius 1 is 1.17 bits per heavy atom. The summed E-state index contributed by atoms with van der Waals surface area (Å²) >= 11 is 0. The fourth-order valence-corrected chi connectivity index (χ4v) is 3.05. The molecule has 0 bridgehead atoms. The Hall–Kier alpha value is -0.570. The number of nitrogens with zero attached hydrogens (tertiary/aromatic N) is 1. The van der Waals surface area contributed by atoms with Crippen LogP contribution in [0.4, 0.5) is 0 Å². The van der Waals surface area contributed by atoms with Crippen molar-refractivity contribution in [3.63, 3.8) is 0 Å². The average molecular weight is 252 g/mol. The second-order valence-corrected chi connectivity index (χ2v) is 6.52. The van der Waals surface area contributed by atoms with E-state index in [-0.39, 0.29) is 12.0 Å². The van der Waals surface area contributed by atoms with Gasteiger partial charge in [-0.1, -0.05) is 33.1 Å². The van der Waals surface area contributed by atoms with Crippen molar-refractivity contribution >= 4 is 5.91 Å². The molecule has 1 amide bonds. The van der Waals surface area contributed by atoms with E-state index in [0.29, 0.717) is 17.9 Å². The number of hydrogen-bond donors (Lipinski definition) is 1. The van der Waals surface area contributed by atoms with Crippen LogP contribution in [0, 0.1) is 11.8 Å². The molecule has 2 saturated carbocycles. The molecule has 3 nitrogen and oxygen atoms in total. The monoisotopic (exact) mass is 252 g/mol. The van der Waals surface area contributed by atoms with E-state index in [4.69, 9.17) is 5.73 Å². The third-order valence-electron chi connectivity index (χ3n) is 4.22. The largest absolute Gasteiger partial charge is 0.339 e. The first-order valence-corrected chi connectivity index (χ1v) is 7.65. The van der Waals surface area contributed by atoms with Crippen LogP contribution < -0.4 is 5.73 Å². The molecule has 18 heavy (non-hydrogen) atoms. The lowest BCUT2D eigenvalue weighted by atomic mass is 9.93. The smallest absolute Gasteiger partial charge is 0.227 e. The number of carbonyl (C=O) groups is 1. The molecule has 2 fully saturated rings. The molecule has 0 heterocycles. The molecule has 2 N–H and O–H groups in total. The molecule has 0 spiro atoms. The second-order valence-electron chi connectivity index (χ2n) is 6.52. The number of rotatable bonds is 4. The van der Waals surface area contributed by atoms with Crippen LogP contribution in [-0.4, -0.2) is 29.4 Å². The molecule has 2 aliphatic rings. The lowest BCUT2D eigenvalue weighted by Crippen LogP contribution is -2.46. The molecule has 0 aromatic carbocycles. The van der Waals surface area contributed by atoms with Gasteiger partial charge in [0.2, 0.25) is 5.91 Å². The van der Waals surface area contributed by atoms with Gasteiger partial charge in [-0.25, -0.2) is 0 Å². The molecule has 0 saturated heterocycles. The van der Waals surface area contributed by atoms with E-state index in [2.05, 4.69) is 18.7 Å². The SMILES string of the molecule is CC(C)CN(C(=O)C1CCCCCC1N)C1CC1. The van der Waals surface area contributed by atoms with Gasteiger partial charge in [0.1, 0.15) is 0 Å². The molecule has 2 unspecified atom stereocenters. The maximum absolute atomic E-state index is 12.7. The Bertz CT molecular complexity index is 282. The Balaban J connectivity index is 2.01. The number of amides is 1. The maximum Gasteiger partial charge on any atom is 0.227 e. The van der Waals surface area contributed by atoms with Crippen LogP contribution in [0.1, 0.15) is 58.8 Å². The highest BCUT2D eigenvalue weighted by atomic mass is 16.2. The summed E-state index contributed by atoms with van der Waals surface area (Å²) in [5.41, 5.74) is 6.22. The van der Waals surface area contributed by atoms with Gasteiger partial charge in [0.05, 0.1) is 5.92 Å². The Kier molecular flexibility index (Phi) is 4.66. The number of nitrogens with two attached hydrogens (primary N) is 1. The molecular weight excluding hydrogens is 224 g/mol. The Morgan fingerprint density at radius 3 is 2.44 bits per heavy atom. The maximum atomic E-state index is 12.7. The molecule has 0 aliphatic heterocycles. The van der Waals surface area contributed by atoms with E-state index in [1.54, 1.807) is 0 Å². The lowest BCUT2D eigenvalue weighted by molar-refractivity contribution is -0.137. The minimum absolute atomic E-state index is 0.0897. The highest BCUT2D eigenvalue weighted by Crippen LogP contribution is 2.32. The second kappa shape index (κ2) is 6.05. The third kappa shape index (κ3) is 3.47. The summed E-state index contributed by atoms with van der Waals surface area (Å²) in [5.74, 6) is 0.990. The van der Waals surface area contributed by atoms with E-state index in [9.17, 15) is 4.79 Å². The van der Waals surface area contributed by atoms with E-state index >= 15 is 0 Å². The zero-order chi connectivity index (χ0) is 13.1. The van der Waals surface area contributed by atoms with Crippen molar-refractivity contribution in [3.05, 3.63) is 0 Å². The molecule has 2 atom stereocenters. The van der Waals surface area contributed by atoms with Gasteiger partial charge < -0.3 is 10.6 Å². The van der Waals surface area contributed by atoms with Gasteiger partial charge >= 0.3 is 0 Å². The highest BCUT2D eigenvalue weighted by Gasteiger charge is 2.38. The molecule has 0 aromatic heterocycles. The fraction of sp³-hybridized carbons (Fsp3) is 0.933. The molecule has 2 rings (SSSR count). The van der Waals surface area contributed by atoms with Gasteiger partial charge in [0.15, 0.2) is 0 Å². The van der Waals surface area contributed by atoms with Gasteiger partial charge in [-0.05, 0) is 31.6 Å². The third-order valence-corrected chi connectivity index (χ3v) is 4.22. The van der Waals surface area contributed by atoms with Crippen LogP contribution in [0.15, 0.2) is 0 Å². The van der Waals surface area contributed by atoms with Gasteiger partial charge in [0, 0.05) is 18.6 Å². The Labute approximate surface area is 111 Å². The molecule has 104 valence electrons. The van der Waals surface area contributed by atoms with Crippen molar-refractivity contribution in [2.75, 3.05) is 6.54 Å². The fourth-order valence-electron chi connectivity index (χ4n) is 3.05. The molecule has 2 aliphatic carbocycles. The summed E-state index contributed by atoms with van der Waals surface area (Å²) in [7, 11) is 0. The quantitative estimate of drug-likeness (QED) is 0.782. The van der Waals surface area contributed by atoms with Crippen molar-refractivity contribution in [1.82, 2.24) is 4.90 Å². The van der Waals surface area contributed by atoms with Crippen molar-refractivity contribution in [3.8, 4) is 0 Å². The van der Waals surface area contributed by atoms with Crippen molar-refractivity contribution in [1.29, 1.82) is 0 Å². The Morgan fingerprint density at radius 2 is 1.83 bits per heavy atom. The summed E-state index contributed by atoms with van der Waals surface area (Å²) in [6.07, 6.45) is 8.02. The van der Waals surface area contributed by atoms with Gasteiger partial charge in [0.25, 0.3) is 0 Å². The van der Waals surface area contributed by atoms with Crippen LogP contribution in [0.5, 0.6) is 0 Å².